The van der Waals surface area contributed by atoms with Crippen LogP contribution in [0.5, 0.6) is 0 Å². The van der Waals surface area contributed by atoms with Crippen LogP contribution >= 0.6 is 24.0 Å². The number of halogens is 1. The molecule has 0 radical (unpaired) electrons. The second kappa shape index (κ2) is 10.6. The van der Waals surface area contributed by atoms with Crippen LogP contribution in [0.3, 0.4) is 0 Å². The van der Waals surface area contributed by atoms with Gasteiger partial charge in [0.1, 0.15) is 5.60 Å². The van der Waals surface area contributed by atoms with Gasteiger partial charge in [0.05, 0.1) is 12.6 Å². The van der Waals surface area contributed by atoms with Gasteiger partial charge >= 0.3 is 6.09 Å². The van der Waals surface area contributed by atoms with Gasteiger partial charge in [-0.25, -0.2) is 4.79 Å². The first-order chi connectivity index (χ1) is 14.8. The number of carbonyl (C=O) groups is 1. The summed E-state index contributed by atoms with van der Waals surface area (Å²) in [6.07, 6.45) is 6.26. The Labute approximate surface area is 211 Å². The number of fused-ring (bicyclic) bond motifs is 1. The highest BCUT2D eigenvalue weighted by atomic mass is 127. The van der Waals surface area contributed by atoms with E-state index in [2.05, 4.69) is 27.1 Å². The number of piperidine rings is 2. The maximum absolute atomic E-state index is 12.5. The summed E-state index contributed by atoms with van der Waals surface area (Å²) in [5.41, 5.74) is -0.212. The fourth-order valence-electron chi connectivity index (χ4n) is 5.47. The van der Waals surface area contributed by atoms with Crippen molar-refractivity contribution < 1.29 is 9.53 Å². The van der Waals surface area contributed by atoms with Gasteiger partial charge in [0.25, 0.3) is 0 Å². The molecule has 3 fully saturated rings. The van der Waals surface area contributed by atoms with Crippen LogP contribution in [0.2, 0.25) is 0 Å². The minimum Gasteiger partial charge on any atom is -0.444 e. The van der Waals surface area contributed by atoms with E-state index in [-0.39, 0.29) is 41.7 Å². The summed E-state index contributed by atoms with van der Waals surface area (Å²) < 4.78 is 5.57. The highest BCUT2D eigenvalue weighted by Gasteiger charge is 2.41. The van der Waals surface area contributed by atoms with E-state index in [4.69, 9.17) is 9.73 Å². The first-order valence-electron chi connectivity index (χ1n) is 12.2. The number of hydrogen-bond acceptors (Lipinski definition) is 7. The molecule has 0 saturated carbocycles. The number of guanidine groups is 1. The van der Waals surface area contributed by atoms with Crippen LogP contribution in [0.1, 0.15) is 52.9 Å². The Kier molecular flexibility index (Phi) is 8.57. The Morgan fingerprint density at radius 2 is 1.78 bits per heavy atom. The minimum atomic E-state index is -0.454. The number of likely N-dealkylation sites (tertiary alicyclic amines) is 2. The highest BCUT2D eigenvalue weighted by Crippen LogP contribution is 2.31. The molecule has 0 aliphatic carbocycles. The first kappa shape index (κ1) is 25.8. The summed E-state index contributed by atoms with van der Waals surface area (Å²) in [5.74, 6) is 1.03. The molecule has 4 aliphatic heterocycles. The van der Waals surface area contributed by atoms with Crippen LogP contribution in [0.4, 0.5) is 4.79 Å². The number of carbonyl (C=O) groups excluding carboxylic acids is 1. The van der Waals surface area contributed by atoms with Gasteiger partial charge in [0, 0.05) is 31.7 Å². The number of piperazine rings is 1. The van der Waals surface area contributed by atoms with Crippen molar-refractivity contribution in [3.63, 3.8) is 0 Å². The third-order valence-electron chi connectivity index (χ3n) is 7.38. The molecule has 1 N–H and O–H groups in total. The van der Waals surface area contributed by atoms with Crippen LogP contribution in [0, 0.1) is 0 Å². The first-order valence-corrected chi connectivity index (χ1v) is 12.2. The summed E-state index contributed by atoms with van der Waals surface area (Å²) in [4.78, 5) is 26.8. The van der Waals surface area contributed by atoms with Crippen molar-refractivity contribution in [1.82, 2.24) is 24.9 Å². The van der Waals surface area contributed by atoms with E-state index >= 15 is 0 Å². The van der Waals surface area contributed by atoms with E-state index in [1.807, 2.05) is 25.7 Å². The molecule has 9 heteroatoms. The van der Waals surface area contributed by atoms with Crippen molar-refractivity contribution >= 4 is 36.0 Å². The van der Waals surface area contributed by atoms with Crippen molar-refractivity contribution in [2.75, 3.05) is 66.0 Å². The predicted octanol–water partition coefficient (Wildman–Crippen LogP) is 2.44. The monoisotopic (exact) mass is 562 g/mol. The lowest BCUT2D eigenvalue weighted by Crippen LogP contribution is -2.63. The summed E-state index contributed by atoms with van der Waals surface area (Å²) >= 11 is 0. The van der Waals surface area contributed by atoms with Gasteiger partial charge in [-0.3, -0.25) is 9.89 Å². The van der Waals surface area contributed by atoms with Crippen LogP contribution < -0.4 is 5.32 Å². The number of aliphatic imine (C=N–C) groups is 1. The number of ether oxygens (including phenoxy) is 1. The van der Waals surface area contributed by atoms with Crippen LogP contribution in [-0.4, -0.2) is 115 Å². The summed E-state index contributed by atoms with van der Waals surface area (Å²) in [6, 6.07) is 0.257. The van der Waals surface area contributed by atoms with Gasteiger partial charge in [0.2, 0.25) is 0 Å². The van der Waals surface area contributed by atoms with E-state index in [0.717, 1.165) is 25.6 Å². The molecule has 184 valence electrons. The Hall–Kier alpha value is -0.810. The number of amides is 1. The standard InChI is InChI=1S/C23H42N6O2.HI/c1-22(2,3)31-21(30)27-14-15-29-19(17-27)16-24-20(29)25-18-23(8-12-26(4)13-9-23)28-10-6-5-7-11-28;/h19H,5-18H2,1-4H3,(H,24,25);1H. The van der Waals surface area contributed by atoms with Gasteiger partial charge in [-0.05, 0) is 79.7 Å². The molecule has 0 bridgehead atoms. The van der Waals surface area contributed by atoms with Gasteiger partial charge in [-0.2, -0.15) is 0 Å². The molecule has 32 heavy (non-hydrogen) atoms. The van der Waals surface area contributed by atoms with E-state index in [0.29, 0.717) is 13.1 Å². The molecule has 1 atom stereocenters. The second-order valence-corrected chi connectivity index (χ2v) is 10.9. The topological polar surface area (TPSA) is 63.7 Å². The quantitative estimate of drug-likeness (QED) is 0.534. The Morgan fingerprint density at radius 3 is 2.44 bits per heavy atom. The zero-order valence-electron chi connectivity index (χ0n) is 20.4. The molecule has 1 amide bonds. The van der Waals surface area contributed by atoms with Gasteiger partial charge in [-0.15, -0.1) is 24.0 Å². The molecule has 0 aromatic heterocycles. The maximum Gasteiger partial charge on any atom is 0.410 e. The molecular formula is C23H43IN6O2. The smallest absolute Gasteiger partial charge is 0.410 e. The number of nitrogens with one attached hydrogen (secondary N) is 1. The molecule has 0 aromatic rings. The zero-order valence-corrected chi connectivity index (χ0v) is 22.8. The fraction of sp³-hybridized carbons (Fsp3) is 0.913. The molecule has 0 aromatic carbocycles. The molecule has 0 spiro atoms. The highest BCUT2D eigenvalue weighted by molar-refractivity contribution is 14.0. The third kappa shape index (κ3) is 6.00. The van der Waals surface area contributed by atoms with Gasteiger partial charge in [-0.1, -0.05) is 6.42 Å². The van der Waals surface area contributed by atoms with Crippen LogP contribution in [0.25, 0.3) is 0 Å². The van der Waals surface area contributed by atoms with Crippen LogP contribution in [0.15, 0.2) is 4.99 Å². The van der Waals surface area contributed by atoms with Crippen molar-refractivity contribution in [2.24, 2.45) is 4.99 Å². The van der Waals surface area contributed by atoms with Crippen LogP contribution in [-0.2, 0) is 4.74 Å². The molecule has 4 heterocycles. The van der Waals surface area contributed by atoms with Crippen molar-refractivity contribution in [2.45, 2.75) is 70.1 Å². The number of nitrogens with zero attached hydrogens (tertiary/aromatic N) is 5. The van der Waals surface area contributed by atoms with Crippen molar-refractivity contribution in [1.29, 1.82) is 0 Å². The molecule has 8 nitrogen and oxygen atoms in total. The van der Waals surface area contributed by atoms with Crippen molar-refractivity contribution in [3.05, 3.63) is 0 Å². The number of rotatable bonds is 3. The Bertz CT molecular complexity index is 668. The zero-order chi connectivity index (χ0) is 22.1. The average molecular weight is 563 g/mol. The minimum absolute atomic E-state index is 0. The molecule has 3 saturated heterocycles. The molecule has 4 aliphatic rings. The predicted molar refractivity (Wildman–Crippen MR) is 139 cm³/mol. The third-order valence-corrected chi connectivity index (χ3v) is 7.38. The van der Waals surface area contributed by atoms with E-state index in [9.17, 15) is 4.79 Å². The summed E-state index contributed by atoms with van der Waals surface area (Å²) in [5, 5.41) is 3.77. The fourth-order valence-corrected chi connectivity index (χ4v) is 5.47. The summed E-state index contributed by atoms with van der Waals surface area (Å²) in [7, 11) is 2.24. The van der Waals surface area contributed by atoms with E-state index < -0.39 is 5.60 Å². The second-order valence-electron chi connectivity index (χ2n) is 10.9. The lowest BCUT2D eigenvalue weighted by Gasteiger charge is -2.50. The largest absolute Gasteiger partial charge is 0.444 e. The summed E-state index contributed by atoms with van der Waals surface area (Å²) in [6.45, 7) is 14.5. The van der Waals surface area contributed by atoms with Gasteiger partial charge in [0.15, 0.2) is 5.96 Å². The average Bonchev–Trinajstić information content (AvgIpc) is 3.15. The Morgan fingerprint density at radius 1 is 1.09 bits per heavy atom. The van der Waals surface area contributed by atoms with Gasteiger partial charge < -0.3 is 24.8 Å². The van der Waals surface area contributed by atoms with Crippen molar-refractivity contribution in [3.8, 4) is 0 Å². The lowest BCUT2D eigenvalue weighted by molar-refractivity contribution is 0.0121. The Balaban J connectivity index is 0.00000289. The molecular weight excluding hydrogens is 519 g/mol. The molecule has 1 unspecified atom stereocenters. The maximum atomic E-state index is 12.5. The number of hydrogen-bond donors (Lipinski definition) is 1. The normalized spacial score (nSPS) is 26.8. The van der Waals surface area contributed by atoms with E-state index in [1.165, 1.54) is 58.3 Å². The molecule has 4 rings (SSSR count). The van der Waals surface area contributed by atoms with E-state index in [1.54, 1.807) is 0 Å². The lowest BCUT2D eigenvalue weighted by atomic mass is 9.84. The SMILES string of the molecule is CN1CCC(CNC2=NCC3CN(C(=O)OC(C)(C)C)CCN23)(N2CCCCC2)CC1.I.